The van der Waals surface area contributed by atoms with Crippen LogP contribution in [0.4, 0.5) is 5.69 Å². The van der Waals surface area contributed by atoms with Crippen molar-refractivity contribution in [1.82, 2.24) is 9.88 Å². The van der Waals surface area contributed by atoms with Gasteiger partial charge in [0.15, 0.2) is 0 Å². The Labute approximate surface area is 164 Å². The van der Waals surface area contributed by atoms with Crippen molar-refractivity contribution in [3.05, 3.63) is 89.7 Å². The summed E-state index contributed by atoms with van der Waals surface area (Å²) in [5.74, 6) is -0.198. The molecule has 5 nitrogen and oxygen atoms in total. The summed E-state index contributed by atoms with van der Waals surface area (Å²) in [6.45, 7) is 2.57. The van der Waals surface area contributed by atoms with Gasteiger partial charge < -0.3 is 14.8 Å². The molecule has 2 heterocycles. The summed E-state index contributed by atoms with van der Waals surface area (Å²) in [6, 6.07) is 21.5. The Balaban J connectivity index is 1.63. The quantitative estimate of drug-likeness (QED) is 0.762. The Morgan fingerprint density at radius 2 is 1.79 bits per heavy atom. The monoisotopic (exact) mass is 373 g/mol. The van der Waals surface area contributed by atoms with Crippen molar-refractivity contribution in [1.29, 1.82) is 0 Å². The summed E-state index contributed by atoms with van der Waals surface area (Å²) >= 11 is 0. The number of nitrogens with one attached hydrogen (secondary N) is 1. The Morgan fingerprint density at radius 1 is 1.04 bits per heavy atom. The first kappa shape index (κ1) is 18.0. The molecule has 1 aliphatic rings. The molecule has 0 aliphatic carbocycles. The second-order valence-electron chi connectivity index (χ2n) is 7.20. The number of carbonyl (C=O) groups is 2. The van der Waals surface area contributed by atoms with Crippen molar-refractivity contribution in [3.8, 4) is 0 Å². The van der Waals surface area contributed by atoms with Crippen LogP contribution < -0.4 is 4.90 Å². The van der Waals surface area contributed by atoms with Crippen LogP contribution >= 0.6 is 0 Å². The van der Waals surface area contributed by atoms with E-state index in [4.69, 9.17) is 0 Å². The van der Waals surface area contributed by atoms with Gasteiger partial charge in [-0.05, 0) is 43.2 Å². The fourth-order valence-electron chi connectivity index (χ4n) is 3.66. The van der Waals surface area contributed by atoms with E-state index in [0.29, 0.717) is 18.7 Å². The van der Waals surface area contributed by atoms with Crippen molar-refractivity contribution in [2.24, 2.45) is 0 Å². The van der Waals surface area contributed by atoms with Gasteiger partial charge in [-0.2, -0.15) is 0 Å². The van der Waals surface area contributed by atoms with Gasteiger partial charge in [-0.3, -0.25) is 9.59 Å². The number of nitrogens with zero attached hydrogens (tertiary/aromatic N) is 2. The van der Waals surface area contributed by atoms with Crippen LogP contribution in [0.2, 0.25) is 0 Å². The van der Waals surface area contributed by atoms with Gasteiger partial charge in [0.1, 0.15) is 12.2 Å². The highest BCUT2D eigenvalue weighted by molar-refractivity contribution is 6.01. The molecule has 28 heavy (non-hydrogen) atoms. The highest BCUT2D eigenvalue weighted by Gasteiger charge is 2.36. The third kappa shape index (κ3) is 3.69. The average molecular weight is 373 g/mol. The zero-order valence-corrected chi connectivity index (χ0v) is 15.8. The molecule has 1 N–H and O–H groups in total. The van der Waals surface area contributed by atoms with E-state index < -0.39 is 0 Å². The molecule has 2 amide bonds. The van der Waals surface area contributed by atoms with Gasteiger partial charge in [0.05, 0.1) is 6.04 Å². The fraction of sp³-hybridized carbons (Fsp3) is 0.217. The van der Waals surface area contributed by atoms with Crippen molar-refractivity contribution in [3.63, 3.8) is 0 Å². The molecule has 1 aromatic heterocycles. The van der Waals surface area contributed by atoms with Crippen LogP contribution in [0.3, 0.4) is 0 Å². The number of benzene rings is 2. The van der Waals surface area contributed by atoms with E-state index in [1.807, 2.05) is 49.4 Å². The molecule has 0 unspecified atom stereocenters. The molecule has 0 saturated carbocycles. The number of aromatic nitrogens is 1. The Bertz CT molecular complexity index is 949. The summed E-state index contributed by atoms with van der Waals surface area (Å²) in [6.07, 6.45) is 2.42. The standard InChI is InChI=1S/C23H23N3O2/c1-17-9-11-19(12-10-17)25-15-20(14-18-6-3-2-4-7-18)26(16-22(25)27)23(28)21-8-5-13-24-21/h2-13,20,24H,14-16H2,1H3/t20-/m1/s1. The van der Waals surface area contributed by atoms with Crippen LogP contribution in [0.25, 0.3) is 0 Å². The average Bonchev–Trinajstić information content (AvgIpc) is 3.25. The van der Waals surface area contributed by atoms with Gasteiger partial charge in [0, 0.05) is 18.4 Å². The maximum absolute atomic E-state index is 13.0. The van der Waals surface area contributed by atoms with Gasteiger partial charge in [-0.25, -0.2) is 0 Å². The van der Waals surface area contributed by atoms with Crippen molar-refractivity contribution in [2.45, 2.75) is 19.4 Å². The number of H-pyrrole nitrogens is 1. The molecule has 2 aromatic carbocycles. The molecule has 5 heteroatoms. The number of hydrogen-bond acceptors (Lipinski definition) is 2. The molecule has 1 fully saturated rings. The number of amides is 2. The zero-order chi connectivity index (χ0) is 19.5. The number of aryl methyl sites for hydroxylation is 1. The summed E-state index contributed by atoms with van der Waals surface area (Å²) in [5.41, 5.74) is 3.68. The van der Waals surface area contributed by atoms with Crippen LogP contribution in [-0.4, -0.2) is 40.8 Å². The third-order valence-corrected chi connectivity index (χ3v) is 5.19. The highest BCUT2D eigenvalue weighted by Crippen LogP contribution is 2.24. The lowest BCUT2D eigenvalue weighted by atomic mass is 10.0. The summed E-state index contributed by atoms with van der Waals surface area (Å²) in [7, 11) is 0. The lowest BCUT2D eigenvalue weighted by Crippen LogP contribution is -2.59. The zero-order valence-electron chi connectivity index (χ0n) is 15.8. The van der Waals surface area contributed by atoms with E-state index in [-0.39, 0.29) is 24.4 Å². The predicted octanol–water partition coefficient (Wildman–Crippen LogP) is 3.42. The largest absolute Gasteiger partial charge is 0.357 e. The van der Waals surface area contributed by atoms with Crippen LogP contribution in [0.5, 0.6) is 0 Å². The molecule has 142 valence electrons. The van der Waals surface area contributed by atoms with E-state index >= 15 is 0 Å². The first-order valence-corrected chi connectivity index (χ1v) is 9.47. The highest BCUT2D eigenvalue weighted by atomic mass is 16.2. The van der Waals surface area contributed by atoms with Crippen molar-refractivity contribution in [2.75, 3.05) is 18.0 Å². The number of rotatable bonds is 4. The summed E-state index contributed by atoms with van der Waals surface area (Å²) in [5, 5.41) is 0. The fourth-order valence-corrected chi connectivity index (χ4v) is 3.66. The van der Waals surface area contributed by atoms with Gasteiger partial charge in [-0.15, -0.1) is 0 Å². The Kier molecular flexibility index (Phi) is 4.98. The molecule has 0 bridgehead atoms. The van der Waals surface area contributed by atoms with E-state index in [0.717, 1.165) is 16.8 Å². The molecule has 1 atom stereocenters. The van der Waals surface area contributed by atoms with Crippen LogP contribution in [0.1, 0.15) is 21.6 Å². The topological polar surface area (TPSA) is 56.4 Å². The second-order valence-corrected chi connectivity index (χ2v) is 7.20. The molecule has 0 spiro atoms. The Hall–Kier alpha value is -3.34. The molecule has 1 aliphatic heterocycles. The minimum absolute atomic E-state index is 0.0620. The number of hydrogen-bond donors (Lipinski definition) is 1. The van der Waals surface area contributed by atoms with Crippen molar-refractivity contribution >= 4 is 17.5 Å². The van der Waals surface area contributed by atoms with Gasteiger partial charge in [-0.1, -0.05) is 48.0 Å². The molecule has 4 rings (SSSR count). The lowest BCUT2D eigenvalue weighted by molar-refractivity contribution is -0.121. The summed E-state index contributed by atoms with van der Waals surface area (Å²) in [4.78, 5) is 32.4. The Morgan fingerprint density at radius 3 is 2.46 bits per heavy atom. The lowest BCUT2D eigenvalue weighted by Gasteiger charge is -2.41. The number of carbonyl (C=O) groups excluding carboxylic acids is 2. The van der Waals surface area contributed by atoms with Crippen LogP contribution in [0, 0.1) is 6.92 Å². The van der Waals surface area contributed by atoms with Gasteiger partial charge in [0.25, 0.3) is 5.91 Å². The van der Waals surface area contributed by atoms with E-state index in [1.165, 1.54) is 0 Å². The van der Waals surface area contributed by atoms with Crippen LogP contribution in [-0.2, 0) is 11.2 Å². The molecule has 3 aromatic rings. The first-order chi connectivity index (χ1) is 13.6. The third-order valence-electron chi connectivity index (χ3n) is 5.19. The molecule has 0 radical (unpaired) electrons. The molecular formula is C23H23N3O2. The van der Waals surface area contributed by atoms with Crippen molar-refractivity contribution < 1.29 is 9.59 Å². The smallest absolute Gasteiger partial charge is 0.271 e. The minimum Gasteiger partial charge on any atom is -0.357 e. The van der Waals surface area contributed by atoms with Crippen LogP contribution in [0.15, 0.2) is 72.9 Å². The normalized spacial score (nSPS) is 17.0. The SMILES string of the molecule is Cc1ccc(N2C[C@@H](Cc3ccccc3)N(C(=O)c3ccc[nH]3)CC2=O)cc1. The van der Waals surface area contributed by atoms with Gasteiger partial charge in [0.2, 0.25) is 5.91 Å². The number of piperazine rings is 1. The van der Waals surface area contributed by atoms with E-state index in [1.54, 1.807) is 28.1 Å². The number of aromatic amines is 1. The number of anilines is 1. The van der Waals surface area contributed by atoms with E-state index in [9.17, 15) is 9.59 Å². The molecule has 1 saturated heterocycles. The predicted molar refractivity (Wildman–Crippen MR) is 109 cm³/mol. The summed E-state index contributed by atoms with van der Waals surface area (Å²) < 4.78 is 0. The maximum atomic E-state index is 13.0. The van der Waals surface area contributed by atoms with Gasteiger partial charge >= 0.3 is 0 Å². The second kappa shape index (κ2) is 7.72. The first-order valence-electron chi connectivity index (χ1n) is 9.47. The minimum atomic E-state index is -0.136. The van der Waals surface area contributed by atoms with E-state index in [2.05, 4.69) is 17.1 Å². The maximum Gasteiger partial charge on any atom is 0.271 e. The molecular weight excluding hydrogens is 350 g/mol.